The molecule has 0 aliphatic heterocycles. The molecule has 0 saturated heterocycles. The molecule has 56 heavy (non-hydrogen) atoms. The van der Waals surface area contributed by atoms with Gasteiger partial charge in [-0.25, -0.2) is 19.9 Å². The van der Waals surface area contributed by atoms with Gasteiger partial charge in [0.15, 0.2) is 17.5 Å². The molecule has 0 bridgehead atoms. The number of hydrogen-bond acceptors (Lipinski definition) is 4. The Morgan fingerprint density at radius 3 is 1.34 bits per heavy atom. The monoisotopic (exact) mass is 714 g/mol. The SMILES string of the molecule is c1ccc(-c2cc(-c3ccccc3)c3c(n2)c(-c2cccc(-c4ccc(-c5nc(-c6ccccc6)nc(-c6ccccc6)n5)cc4)c2)cc2ccccc23)cc1. The van der Waals surface area contributed by atoms with Gasteiger partial charge in [-0.15, -0.1) is 0 Å². The quantitative estimate of drug-likeness (QED) is 0.154. The minimum atomic E-state index is 0.634. The minimum absolute atomic E-state index is 0.634. The molecule has 0 unspecified atom stereocenters. The fourth-order valence-corrected chi connectivity index (χ4v) is 7.52. The van der Waals surface area contributed by atoms with E-state index in [2.05, 4.69) is 140 Å². The zero-order chi connectivity index (χ0) is 37.3. The highest BCUT2D eigenvalue weighted by atomic mass is 15.0. The van der Waals surface area contributed by atoms with Crippen LogP contribution >= 0.6 is 0 Å². The van der Waals surface area contributed by atoms with Crippen molar-refractivity contribution in [2.45, 2.75) is 0 Å². The lowest BCUT2D eigenvalue weighted by molar-refractivity contribution is 1.07. The van der Waals surface area contributed by atoms with E-state index in [1.807, 2.05) is 66.7 Å². The van der Waals surface area contributed by atoms with E-state index < -0.39 is 0 Å². The first-order valence-corrected chi connectivity index (χ1v) is 18.8. The third-order valence-electron chi connectivity index (χ3n) is 10.3. The summed E-state index contributed by atoms with van der Waals surface area (Å²) in [6.45, 7) is 0. The van der Waals surface area contributed by atoms with Crippen molar-refractivity contribution in [3.63, 3.8) is 0 Å². The van der Waals surface area contributed by atoms with Crippen molar-refractivity contribution < 1.29 is 0 Å². The van der Waals surface area contributed by atoms with Crippen molar-refractivity contribution in [1.82, 2.24) is 19.9 Å². The lowest BCUT2D eigenvalue weighted by Gasteiger charge is -2.17. The van der Waals surface area contributed by atoms with Crippen LogP contribution in [0.2, 0.25) is 0 Å². The second kappa shape index (κ2) is 14.3. The molecule has 2 heterocycles. The molecule has 4 heteroatoms. The number of nitrogens with zero attached hydrogens (tertiary/aromatic N) is 4. The van der Waals surface area contributed by atoms with Crippen molar-refractivity contribution in [2.24, 2.45) is 0 Å². The van der Waals surface area contributed by atoms with Crippen LogP contribution in [-0.4, -0.2) is 19.9 Å². The summed E-state index contributed by atoms with van der Waals surface area (Å²) in [7, 11) is 0. The van der Waals surface area contributed by atoms with E-state index in [0.29, 0.717) is 17.5 Å². The fourth-order valence-electron chi connectivity index (χ4n) is 7.52. The average molecular weight is 715 g/mol. The van der Waals surface area contributed by atoms with Crippen LogP contribution < -0.4 is 0 Å². The highest BCUT2D eigenvalue weighted by molar-refractivity contribution is 6.18. The highest BCUT2D eigenvalue weighted by Gasteiger charge is 2.18. The normalized spacial score (nSPS) is 11.2. The van der Waals surface area contributed by atoms with Gasteiger partial charge in [0.2, 0.25) is 0 Å². The Bertz CT molecular complexity index is 2930. The summed E-state index contributed by atoms with van der Waals surface area (Å²) in [5, 5.41) is 3.52. The number of fused-ring (bicyclic) bond motifs is 3. The zero-order valence-corrected chi connectivity index (χ0v) is 30.4. The number of benzene rings is 8. The molecule has 0 aliphatic rings. The second-order valence-electron chi connectivity index (χ2n) is 13.9. The summed E-state index contributed by atoms with van der Waals surface area (Å²) in [5.41, 5.74) is 12.6. The molecule has 262 valence electrons. The van der Waals surface area contributed by atoms with Gasteiger partial charge in [0.25, 0.3) is 0 Å². The van der Waals surface area contributed by atoms with Crippen LogP contribution in [0.5, 0.6) is 0 Å². The Morgan fingerprint density at radius 1 is 0.268 bits per heavy atom. The molecule has 4 nitrogen and oxygen atoms in total. The molecular formula is C52H34N4. The molecule has 0 spiro atoms. The molecule has 8 aromatic carbocycles. The Morgan fingerprint density at radius 2 is 0.732 bits per heavy atom. The van der Waals surface area contributed by atoms with Gasteiger partial charge in [-0.3, -0.25) is 0 Å². The topological polar surface area (TPSA) is 51.6 Å². The molecule has 10 aromatic rings. The number of rotatable bonds is 7. The Labute approximate surface area is 325 Å². The minimum Gasteiger partial charge on any atom is -0.247 e. The zero-order valence-electron chi connectivity index (χ0n) is 30.4. The predicted octanol–water partition coefficient (Wildman–Crippen LogP) is 13.2. The van der Waals surface area contributed by atoms with Crippen molar-refractivity contribution >= 4 is 21.7 Å². The standard InChI is InChI=1S/C52H34N4/c1-5-16-36(17-6-1)45-34-47(37-18-7-2-8-19-37)53-49-46(33-43-24-13-14-27-44(43)48(45)49)42-26-15-25-41(32-42)35-28-30-40(31-29-35)52-55-50(38-20-9-3-10-21-38)54-51(56-52)39-22-11-4-12-23-39/h1-34H. The molecule has 0 saturated carbocycles. The predicted molar refractivity (Wildman–Crippen MR) is 231 cm³/mol. The third kappa shape index (κ3) is 6.29. The van der Waals surface area contributed by atoms with E-state index in [1.165, 1.54) is 16.3 Å². The van der Waals surface area contributed by atoms with E-state index in [4.69, 9.17) is 19.9 Å². The van der Waals surface area contributed by atoms with Crippen LogP contribution in [0.1, 0.15) is 0 Å². The second-order valence-corrected chi connectivity index (χ2v) is 13.9. The molecule has 0 N–H and O–H groups in total. The van der Waals surface area contributed by atoms with Crippen LogP contribution in [0, 0.1) is 0 Å². The van der Waals surface area contributed by atoms with E-state index in [0.717, 1.165) is 66.7 Å². The van der Waals surface area contributed by atoms with Crippen molar-refractivity contribution in [2.75, 3.05) is 0 Å². The van der Waals surface area contributed by atoms with Gasteiger partial charge in [-0.2, -0.15) is 0 Å². The molecule has 10 rings (SSSR count). The molecule has 0 atom stereocenters. The Balaban J connectivity index is 1.10. The van der Waals surface area contributed by atoms with E-state index >= 15 is 0 Å². The van der Waals surface area contributed by atoms with Crippen molar-refractivity contribution in [3.8, 4) is 78.8 Å². The van der Waals surface area contributed by atoms with E-state index in [-0.39, 0.29) is 0 Å². The number of aromatic nitrogens is 4. The largest absolute Gasteiger partial charge is 0.247 e. The van der Waals surface area contributed by atoms with Gasteiger partial charge >= 0.3 is 0 Å². The maximum atomic E-state index is 5.44. The van der Waals surface area contributed by atoms with Gasteiger partial charge in [0, 0.05) is 33.2 Å². The van der Waals surface area contributed by atoms with Gasteiger partial charge < -0.3 is 0 Å². The summed E-state index contributed by atoms with van der Waals surface area (Å²) in [6.07, 6.45) is 0. The van der Waals surface area contributed by atoms with Crippen molar-refractivity contribution in [1.29, 1.82) is 0 Å². The van der Waals surface area contributed by atoms with Crippen LogP contribution in [0.3, 0.4) is 0 Å². The lowest BCUT2D eigenvalue weighted by Crippen LogP contribution is -2.00. The van der Waals surface area contributed by atoms with Crippen LogP contribution in [0.15, 0.2) is 206 Å². The van der Waals surface area contributed by atoms with Crippen LogP contribution in [-0.2, 0) is 0 Å². The third-order valence-corrected chi connectivity index (χ3v) is 10.3. The van der Waals surface area contributed by atoms with Gasteiger partial charge in [0.1, 0.15) is 0 Å². The Kier molecular flexibility index (Phi) is 8.47. The first kappa shape index (κ1) is 33.0. The van der Waals surface area contributed by atoms with E-state index in [9.17, 15) is 0 Å². The van der Waals surface area contributed by atoms with Gasteiger partial charge in [0.05, 0.1) is 11.2 Å². The van der Waals surface area contributed by atoms with Crippen LogP contribution in [0.25, 0.3) is 100 Å². The van der Waals surface area contributed by atoms with Gasteiger partial charge in [-0.1, -0.05) is 188 Å². The number of hydrogen-bond donors (Lipinski definition) is 0. The smallest absolute Gasteiger partial charge is 0.164 e. The summed E-state index contributed by atoms with van der Waals surface area (Å²) >= 11 is 0. The summed E-state index contributed by atoms with van der Waals surface area (Å²) in [6, 6.07) is 71.8. The maximum absolute atomic E-state index is 5.44. The summed E-state index contributed by atoms with van der Waals surface area (Å²) in [4.78, 5) is 20.2. The van der Waals surface area contributed by atoms with E-state index in [1.54, 1.807) is 0 Å². The Hall–Kier alpha value is -7.56. The first-order chi connectivity index (χ1) is 27.7. The van der Waals surface area contributed by atoms with Crippen LogP contribution in [0.4, 0.5) is 0 Å². The van der Waals surface area contributed by atoms with Gasteiger partial charge in [-0.05, 0) is 56.8 Å². The highest BCUT2D eigenvalue weighted by Crippen LogP contribution is 2.42. The van der Waals surface area contributed by atoms with Crippen molar-refractivity contribution in [3.05, 3.63) is 206 Å². The summed E-state index contributed by atoms with van der Waals surface area (Å²) < 4.78 is 0. The first-order valence-electron chi connectivity index (χ1n) is 18.8. The lowest BCUT2D eigenvalue weighted by atomic mass is 9.89. The molecule has 0 amide bonds. The maximum Gasteiger partial charge on any atom is 0.164 e. The molecule has 2 aromatic heterocycles. The number of pyridine rings is 1. The summed E-state index contributed by atoms with van der Waals surface area (Å²) in [5.74, 6) is 1.93. The fraction of sp³-hybridized carbons (Fsp3) is 0. The molecule has 0 radical (unpaired) electrons. The molecule has 0 aliphatic carbocycles. The average Bonchev–Trinajstić information content (AvgIpc) is 3.29. The molecular weight excluding hydrogens is 681 g/mol. The molecule has 0 fully saturated rings.